The van der Waals surface area contributed by atoms with Crippen LogP contribution in [0.25, 0.3) is 5.78 Å². The van der Waals surface area contributed by atoms with E-state index in [0.29, 0.717) is 24.0 Å². The van der Waals surface area contributed by atoms with Crippen LogP contribution in [0, 0.1) is 19.7 Å². The molecule has 188 valence electrons. The number of aryl methyl sites for hydroxylation is 1. The quantitative estimate of drug-likeness (QED) is 0.368. The van der Waals surface area contributed by atoms with Gasteiger partial charge in [0.25, 0.3) is 17.6 Å². The third-order valence-corrected chi connectivity index (χ3v) is 6.62. The molecule has 1 aliphatic carbocycles. The van der Waals surface area contributed by atoms with Gasteiger partial charge in [0.1, 0.15) is 23.5 Å². The average Bonchev–Trinajstić information content (AvgIpc) is 3.51. The molecule has 10 nitrogen and oxygen atoms in total. The lowest BCUT2D eigenvalue weighted by molar-refractivity contribution is 0.0695. The normalized spacial score (nSPS) is 14.4. The second kappa shape index (κ2) is 9.41. The first-order chi connectivity index (χ1) is 17.7. The fraction of sp³-hybridized carbons (Fsp3) is 0.231. The van der Waals surface area contributed by atoms with E-state index in [4.69, 9.17) is 0 Å². The Bertz CT molecular complexity index is 1580. The van der Waals surface area contributed by atoms with Crippen LogP contribution in [0.1, 0.15) is 71.6 Å². The van der Waals surface area contributed by atoms with Gasteiger partial charge in [-0.25, -0.2) is 14.2 Å². The van der Waals surface area contributed by atoms with Crippen LogP contribution in [-0.4, -0.2) is 42.5 Å². The van der Waals surface area contributed by atoms with Gasteiger partial charge in [0.05, 0.1) is 11.6 Å². The lowest BCUT2D eigenvalue weighted by atomic mass is 9.98. The number of aromatic carboxylic acids is 1. The summed E-state index contributed by atoms with van der Waals surface area (Å²) >= 11 is 0. The van der Waals surface area contributed by atoms with E-state index in [1.54, 1.807) is 38.1 Å². The standard InChI is InChI=1S/C26H23FN6O4/c1-13-9-15(3-7-19(13)27)11-28-24(35)22-10-21(32-26-29-12-30-33(22)26)23(34)31-20-8-6-16-14(2)17(25(36)37)4-5-18(16)20/h3-5,7,9-10,12,20H,6,8,11H2,1-2H3,(H,28,35)(H,31,34)(H,36,37)/t20-/m0/s1. The molecule has 0 unspecified atom stereocenters. The van der Waals surface area contributed by atoms with Gasteiger partial charge in [-0.05, 0) is 66.6 Å². The minimum Gasteiger partial charge on any atom is -0.478 e. The van der Waals surface area contributed by atoms with Crippen molar-refractivity contribution in [3.05, 3.63) is 93.3 Å². The molecule has 0 spiro atoms. The molecule has 1 aliphatic rings. The summed E-state index contributed by atoms with van der Waals surface area (Å²) in [5, 5.41) is 19.1. The topological polar surface area (TPSA) is 139 Å². The van der Waals surface area contributed by atoms with Crippen molar-refractivity contribution in [2.75, 3.05) is 0 Å². The number of carbonyl (C=O) groups excluding carboxylic acids is 2. The molecular weight excluding hydrogens is 479 g/mol. The van der Waals surface area contributed by atoms with Crippen LogP contribution in [0.5, 0.6) is 0 Å². The van der Waals surface area contributed by atoms with Gasteiger partial charge in [0, 0.05) is 12.6 Å². The number of aromatic nitrogens is 4. The lowest BCUT2D eigenvalue weighted by Gasteiger charge is -2.15. The molecule has 2 aromatic carbocycles. The molecule has 2 aromatic heterocycles. The Morgan fingerprint density at radius 1 is 1.14 bits per heavy atom. The van der Waals surface area contributed by atoms with Gasteiger partial charge in [-0.15, -0.1) is 0 Å². The molecule has 0 saturated carbocycles. The Hall–Kier alpha value is -4.67. The van der Waals surface area contributed by atoms with Crippen molar-refractivity contribution in [2.24, 2.45) is 0 Å². The first-order valence-electron chi connectivity index (χ1n) is 11.6. The third kappa shape index (κ3) is 4.51. The minimum atomic E-state index is -0.987. The van der Waals surface area contributed by atoms with E-state index in [-0.39, 0.29) is 41.1 Å². The molecule has 2 heterocycles. The Labute approximate surface area is 210 Å². The number of amides is 2. The van der Waals surface area contributed by atoms with Crippen molar-refractivity contribution in [3.8, 4) is 0 Å². The maximum atomic E-state index is 13.5. The monoisotopic (exact) mass is 502 g/mol. The average molecular weight is 503 g/mol. The molecule has 5 rings (SSSR count). The van der Waals surface area contributed by atoms with Crippen LogP contribution in [0.4, 0.5) is 4.39 Å². The number of benzene rings is 2. The number of halogens is 1. The van der Waals surface area contributed by atoms with Gasteiger partial charge in [-0.1, -0.05) is 18.2 Å². The predicted octanol–water partition coefficient (Wildman–Crippen LogP) is 2.93. The summed E-state index contributed by atoms with van der Waals surface area (Å²) in [5.41, 5.74) is 3.98. The molecule has 37 heavy (non-hydrogen) atoms. The highest BCUT2D eigenvalue weighted by Gasteiger charge is 2.28. The summed E-state index contributed by atoms with van der Waals surface area (Å²) < 4.78 is 14.8. The van der Waals surface area contributed by atoms with Gasteiger partial charge in [0.2, 0.25) is 0 Å². The summed E-state index contributed by atoms with van der Waals surface area (Å²) in [4.78, 5) is 45.9. The number of carboxylic acids is 1. The number of hydrogen-bond donors (Lipinski definition) is 3. The number of nitrogens with one attached hydrogen (secondary N) is 2. The number of hydrogen-bond acceptors (Lipinski definition) is 6. The first-order valence-corrected chi connectivity index (χ1v) is 11.6. The third-order valence-electron chi connectivity index (χ3n) is 6.62. The maximum absolute atomic E-state index is 13.5. The zero-order valence-corrected chi connectivity index (χ0v) is 20.1. The molecule has 1 atom stereocenters. The zero-order valence-electron chi connectivity index (χ0n) is 20.1. The Morgan fingerprint density at radius 3 is 2.70 bits per heavy atom. The van der Waals surface area contributed by atoms with Crippen LogP contribution < -0.4 is 10.6 Å². The molecule has 4 aromatic rings. The van der Waals surface area contributed by atoms with Gasteiger partial charge < -0.3 is 15.7 Å². The minimum absolute atomic E-state index is 0.00407. The van der Waals surface area contributed by atoms with Crippen LogP contribution in [0.2, 0.25) is 0 Å². The van der Waals surface area contributed by atoms with E-state index in [9.17, 15) is 23.9 Å². The Balaban J connectivity index is 1.37. The molecule has 2 amide bonds. The van der Waals surface area contributed by atoms with Crippen molar-refractivity contribution >= 4 is 23.6 Å². The van der Waals surface area contributed by atoms with Crippen molar-refractivity contribution in [2.45, 2.75) is 39.3 Å². The molecular formula is C26H23FN6O4. The van der Waals surface area contributed by atoms with E-state index < -0.39 is 17.8 Å². The molecule has 0 bridgehead atoms. The summed E-state index contributed by atoms with van der Waals surface area (Å²) in [6.07, 6.45) is 2.49. The molecule has 0 saturated heterocycles. The number of rotatable bonds is 6. The summed E-state index contributed by atoms with van der Waals surface area (Å²) in [6.45, 7) is 3.56. The summed E-state index contributed by atoms with van der Waals surface area (Å²) in [5.74, 6) is -2.22. The number of carboxylic acid groups (broad SMARTS) is 1. The zero-order chi connectivity index (χ0) is 26.3. The highest BCUT2D eigenvalue weighted by Crippen LogP contribution is 2.34. The van der Waals surface area contributed by atoms with Gasteiger partial charge >= 0.3 is 5.97 Å². The van der Waals surface area contributed by atoms with E-state index >= 15 is 0 Å². The second-order valence-electron chi connectivity index (χ2n) is 8.94. The highest BCUT2D eigenvalue weighted by atomic mass is 19.1. The van der Waals surface area contributed by atoms with E-state index in [2.05, 4.69) is 25.7 Å². The van der Waals surface area contributed by atoms with Crippen molar-refractivity contribution in [1.82, 2.24) is 30.2 Å². The van der Waals surface area contributed by atoms with Gasteiger partial charge in [-0.3, -0.25) is 9.59 Å². The maximum Gasteiger partial charge on any atom is 0.335 e. The number of fused-ring (bicyclic) bond motifs is 2. The first kappa shape index (κ1) is 24.0. The van der Waals surface area contributed by atoms with Crippen LogP contribution >= 0.6 is 0 Å². The Morgan fingerprint density at radius 2 is 1.95 bits per heavy atom. The fourth-order valence-electron chi connectivity index (χ4n) is 4.67. The van der Waals surface area contributed by atoms with Crippen LogP contribution in [0.3, 0.4) is 0 Å². The fourth-order valence-corrected chi connectivity index (χ4v) is 4.67. The van der Waals surface area contributed by atoms with Crippen LogP contribution in [0.15, 0.2) is 42.7 Å². The second-order valence-corrected chi connectivity index (χ2v) is 8.94. The van der Waals surface area contributed by atoms with E-state index in [1.165, 1.54) is 23.0 Å². The smallest absolute Gasteiger partial charge is 0.335 e. The molecule has 3 N–H and O–H groups in total. The van der Waals surface area contributed by atoms with E-state index in [0.717, 1.165) is 16.7 Å². The van der Waals surface area contributed by atoms with Crippen molar-refractivity contribution in [1.29, 1.82) is 0 Å². The predicted molar refractivity (Wildman–Crippen MR) is 130 cm³/mol. The lowest BCUT2D eigenvalue weighted by Crippen LogP contribution is -2.30. The molecule has 11 heteroatoms. The summed E-state index contributed by atoms with van der Waals surface area (Å²) in [6, 6.07) is 8.87. The van der Waals surface area contributed by atoms with Gasteiger partial charge in [0.15, 0.2) is 0 Å². The highest BCUT2D eigenvalue weighted by molar-refractivity contribution is 5.98. The molecule has 0 fully saturated rings. The molecule has 0 aliphatic heterocycles. The molecule has 0 radical (unpaired) electrons. The largest absolute Gasteiger partial charge is 0.478 e. The van der Waals surface area contributed by atoms with Gasteiger partial charge in [-0.2, -0.15) is 14.6 Å². The van der Waals surface area contributed by atoms with E-state index in [1.807, 2.05) is 0 Å². The number of nitrogens with zero attached hydrogens (tertiary/aromatic N) is 4. The summed E-state index contributed by atoms with van der Waals surface area (Å²) in [7, 11) is 0. The SMILES string of the molecule is Cc1cc(CNC(=O)c2cc(C(=O)N[C@H]3CCc4c3ccc(C(=O)O)c4C)nc3ncnn23)ccc1F. The van der Waals surface area contributed by atoms with Crippen molar-refractivity contribution < 1.29 is 23.9 Å². The number of carbonyl (C=O) groups is 3. The van der Waals surface area contributed by atoms with Crippen LogP contribution in [-0.2, 0) is 13.0 Å². The Kier molecular flexibility index (Phi) is 6.12. The van der Waals surface area contributed by atoms with Crippen molar-refractivity contribution in [3.63, 3.8) is 0 Å².